The SMILES string of the molecule is CN(CCc1ccc(F)cc1)C(=O)N1CCNCC1. The van der Waals surface area contributed by atoms with Crippen molar-refractivity contribution in [3.8, 4) is 0 Å². The molecular formula is C14H20FN3O. The molecule has 0 aliphatic carbocycles. The molecule has 0 spiro atoms. The molecule has 1 aromatic rings. The minimum atomic E-state index is -0.228. The Kier molecular flexibility index (Phi) is 4.74. The zero-order chi connectivity index (χ0) is 13.7. The molecule has 1 heterocycles. The fraction of sp³-hybridized carbons (Fsp3) is 0.500. The number of urea groups is 1. The first-order chi connectivity index (χ1) is 9.16. The van der Waals surface area contributed by atoms with Crippen molar-refractivity contribution in [2.45, 2.75) is 6.42 Å². The number of likely N-dealkylation sites (N-methyl/N-ethyl adjacent to an activating group) is 1. The van der Waals surface area contributed by atoms with Gasteiger partial charge in [0.2, 0.25) is 0 Å². The molecule has 0 atom stereocenters. The number of halogens is 1. The van der Waals surface area contributed by atoms with E-state index < -0.39 is 0 Å². The molecule has 19 heavy (non-hydrogen) atoms. The maximum atomic E-state index is 12.8. The fourth-order valence-electron chi connectivity index (χ4n) is 2.14. The van der Waals surface area contributed by atoms with E-state index in [4.69, 9.17) is 0 Å². The lowest BCUT2D eigenvalue weighted by atomic mass is 10.1. The molecule has 1 aliphatic rings. The van der Waals surface area contributed by atoms with E-state index in [0.717, 1.165) is 38.2 Å². The quantitative estimate of drug-likeness (QED) is 0.895. The number of amides is 2. The summed E-state index contributed by atoms with van der Waals surface area (Å²) >= 11 is 0. The highest BCUT2D eigenvalue weighted by Gasteiger charge is 2.19. The zero-order valence-corrected chi connectivity index (χ0v) is 11.2. The van der Waals surface area contributed by atoms with Crippen LogP contribution in [0.1, 0.15) is 5.56 Å². The second kappa shape index (κ2) is 6.52. The summed E-state index contributed by atoms with van der Waals surface area (Å²) in [5, 5.41) is 3.22. The van der Waals surface area contributed by atoms with E-state index in [1.54, 1.807) is 17.0 Å². The molecule has 0 radical (unpaired) electrons. The van der Waals surface area contributed by atoms with Crippen LogP contribution in [0.5, 0.6) is 0 Å². The van der Waals surface area contributed by atoms with Crippen molar-refractivity contribution >= 4 is 6.03 Å². The molecule has 1 fully saturated rings. The molecule has 0 aromatic heterocycles. The van der Waals surface area contributed by atoms with E-state index in [1.165, 1.54) is 12.1 Å². The fourth-order valence-corrected chi connectivity index (χ4v) is 2.14. The number of nitrogens with zero attached hydrogens (tertiary/aromatic N) is 2. The highest BCUT2D eigenvalue weighted by atomic mass is 19.1. The molecule has 0 bridgehead atoms. The van der Waals surface area contributed by atoms with Crippen molar-refractivity contribution in [3.63, 3.8) is 0 Å². The summed E-state index contributed by atoms with van der Waals surface area (Å²) in [6.45, 7) is 3.89. The van der Waals surface area contributed by atoms with Crippen LogP contribution in [0.3, 0.4) is 0 Å². The molecule has 0 unspecified atom stereocenters. The van der Waals surface area contributed by atoms with Crippen LogP contribution in [0.2, 0.25) is 0 Å². The first-order valence-corrected chi connectivity index (χ1v) is 6.62. The van der Waals surface area contributed by atoms with Crippen LogP contribution in [-0.2, 0) is 6.42 Å². The molecule has 2 rings (SSSR count). The number of hydrogen-bond acceptors (Lipinski definition) is 2. The minimum Gasteiger partial charge on any atom is -0.327 e. The van der Waals surface area contributed by atoms with Gasteiger partial charge >= 0.3 is 6.03 Å². The van der Waals surface area contributed by atoms with E-state index in [-0.39, 0.29) is 11.8 Å². The van der Waals surface area contributed by atoms with Crippen molar-refractivity contribution in [1.82, 2.24) is 15.1 Å². The van der Waals surface area contributed by atoms with Crippen LogP contribution in [0.25, 0.3) is 0 Å². The Labute approximate surface area is 113 Å². The summed E-state index contributed by atoms with van der Waals surface area (Å²) in [6, 6.07) is 6.50. The van der Waals surface area contributed by atoms with E-state index in [0.29, 0.717) is 6.54 Å². The summed E-state index contributed by atoms with van der Waals surface area (Å²) < 4.78 is 12.8. The standard InChI is InChI=1S/C14H20FN3O/c1-17(14(19)18-10-7-16-8-11-18)9-6-12-2-4-13(15)5-3-12/h2-5,16H,6-11H2,1H3. The third kappa shape index (κ3) is 3.92. The summed E-state index contributed by atoms with van der Waals surface area (Å²) in [4.78, 5) is 15.7. The van der Waals surface area contributed by atoms with Gasteiger partial charge < -0.3 is 15.1 Å². The Bertz CT molecular complexity index is 415. The molecule has 2 amide bonds. The summed E-state index contributed by atoms with van der Waals surface area (Å²) in [7, 11) is 1.81. The van der Waals surface area contributed by atoms with Gasteiger partial charge in [0.25, 0.3) is 0 Å². The van der Waals surface area contributed by atoms with Crippen LogP contribution >= 0.6 is 0 Å². The van der Waals surface area contributed by atoms with Gasteiger partial charge in [-0.15, -0.1) is 0 Å². The van der Waals surface area contributed by atoms with Crippen LogP contribution in [0.4, 0.5) is 9.18 Å². The number of piperazine rings is 1. The normalized spacial score (nSPS) is 15.4. The second-order valence-corrected chi connectivity index (χ2v) is 4.82. The van der Waals surface area contributed by atoms with Crippen LogP contribution in [0, 0.1) is 5.82 Å². The third-order valence-corrected chi connectivity index (χ3v) is 3.36. The number of benzene rings is 1. The molecule has 1 aromatic carbocycles. The second-order valence-electron chi connectivity index (χ2n) is 4.82. The van der Waals surface area contributed by atoms with Gasteiger partial charge in [0.05, 0.1) is 0 Å². The molecule has 1 saturated heterocycles. The monoisotopic (exact) mass is 265 g/mol. The van der Waals surface area contributed by atoms with E-state index in [9.17, 15) is 9.18 Å². The first kappa shape index (κ1) is 13.8. The number of rotatable bonds is 3. The lowest BCUT2D eigenvalue weighted by molar-refractivity contribution is 0.156. The minimum absolute atomic E-state index is 0.0728. The molecule has 104 valence electrons. The Morgan fingerprint density at radius 2 is 1.95 bits per heavy atom. The van der Waals surface area contributed by atoms with E-state index in [1.807, 2.05) is 11.9 Å². The van der Waals surface area contributed by atoms with Crippen molar-refractivity contribution in [3.05, 3.63) is 35.6 Å². The van der Waals surface area contributed by atoms with E-state index in [2.05, 4.69) is 5.32 Å². The number of nitrogens with one attached hydrogen (secondary N) is 1. The summed E-state index contributed by atoms with van der Waals surface area (Å²) in [5.41, 5.74) is 1.04. The van der Waals surface area contributed by atoms with Gasteiger partial charge in [0.15, 0.2) is 0 Å². The molecule has 1 N–H and O–H groups in total. The highest BCUT2D eigenvalue weighted by Crippen LogP contribution is 2.05. The van der Waals surface area contributed by atoms with Crippen LogP contribution in [0.15, 0.2) is 24.3 Å². The third-order valence-electron chi connectivity index (χ3n) is 3.36. The van der Waals surface area contributed by atoms with Crippen molar-refractivity contribution in [2.24, 2.45) is 0 Å². The predicted octanol–water partition coefficient (Wildman–Crippen LogP) is 1.33. The largest absolute Gasteiger partial charge is 0.327 e. The van der Waals surface area contributed by atoms with Gasteiger partial charge in [-0.25, -0.2) is 9.18 Å². The van der Waals surface area contributed by atoms with Crippen LogP contribution < -0.4 is 5.32 Å². The van der Waals surface area contributed by atoms with Gasteiger partial charge in [0, 0.05) is 39.8 Å². The van der Waals surface area contributed by atoms with Gasteiger partial charge in [0.1, 0.15) is 5.82 Å². The maximum absolute atomic E-state index is 12.8. The predicted molar refractivity (Wildman–Crippen MR) is 72.6 cm³/mol. The van der Waals surface area contributed by atoms with Gasteiger partial charge in [-0.1, -0.05) is 12.1 Å². The lowest BCUT2D eigenvalue weighted by Crippen LogP contribution is -2.50. The average molecular weight is 265 g/mol. The maximum Gasteiger partial charge on any atom is 0.319 e. The van der Waals surface area contributed by atoms with Crippen LogP contribution in [-0.4, -0.2) is 55.6 Å². The Hall–Kier alpha value is -1.62. The Balaban J connectivity index is 1.81. The summed E-state index contributed by atoms with van der Waals surface area (Å²) in [5.74, 6) is -0.228. The van der Waals surface area contributed by atoms with Crippen molar-refractivity contribution < 1.29 is 9.18 Å². The Morgan fingerprint density at radius 1 is 1.32 bits per heavy atom. The lowest BCUT2D eigenvalue weighted by Gasteiger charge is -2.31. The van der Waals surface area contributed by atoms with Gasteiger partial charge in [-0.3, -0.25) is 0 Å². The average Bonchev–Trinajstić information content (AvgIpc) is 2.46. The summed E-state index contributed by atoms with van der Waals surface area (Å²) in [6.07, 6.45) is 0.745. The topological polar surface area (TPSA) is 35.6 Å². The van der Waals surface area contributed by atoms with Crippen molar-refractivity contribution in [1.29, 1.82) is 0 Å². The number of carbonyl (C=O) groups is 1. The molecule has 0 saturated carbocycles. The molecule has 1 aliphatic heterocycles. The first-order valence-electron chi connectivity index (χ1n) is 6.62. The van der Waals surface area contributed by atoms with E-state index >= 15 is 0 Å². The molecule has 5 heteroatoms. The molecule has 4 nitrogen and oxygen atoms in total. The molecular weight excluding hydrogens is 245 g/mol. The smallest absolute Gasteiger partial charge is 0.319 e. The highest BCUT2D eigenvalue weighted by molar-refractivity contribution is 5.74. The number of carbonyl (C=O) groups excluding carboxylic acids is 1. The Morgan fingerprint density at radius 3 is 2.58 bits per heavy atom. The van der Waals surface area contributed by atoms with Gasteiger partial charge in [-0.2, -0.15) is 0 Å². The number of hydrogen-bond donors (Lipinski definition) is 1. The van der Waals surface area contributed by atoms with Crippen molar-refractivity contribution in [2.75, 3.05) is 39.8 Å². The van der Waals surface area contributed by atoms with Gasteiger partial charge in [-0.05, 0) is 24.1 Å². The zero-order valence-electron chi connectivity index (χ0n) is 11.2.